The highest BCUT2D eigenvalue weighted by molar-refractivity contribution is 8.20. The molecule has 5 rings (SSSR count). The molecule has 1 amide bonds. The van der Waals surface area contributed by atoms with E-state index >= 15 is 0 Å². The summed E-state index contributed by atoms with van der Waals surface area (Å²) in [5.74, 6) is 2.31. The number of aliphatic hydroxyl groups excluding tert-OH is 1. The average Bonchev–Trinajstić information content (AvgIpc) is 3.39. The molecule has 1 aliphatic carbocycles. The lowest BCUT2D eigenvalue weighted by Crippen LogP contribution is -2.40. The summed E-state index contributed by atoms with van der Waals surface area (Å²) in [4.78, 5) is 19.0. The maximum Gasteiger partial charge on any atom is 0.254 e. The second kappa shape index (κ2) is 7.74. The molecule has 1 spiro atoms. The highest BCUT2D eigenvalue weighted by Crippen LogP contribution is 2.60. The molecule has 1 fully saturated rings. The fraction of sp³-hybridized carbons (Fsp3) is 0.348. The van der Waals surface area contributed by atoms with Gasteiger partial charge < -0.3 is 15.0 Å². The lowest BCUT2D eigenvalue weighted by Gasteiger charge is -2.41. The van der Waals surface area contributed by atoms with Crippen molar-refractivity contribution in [3.63, 3.8) is 0 Å². The molecule has 0 radical (unpaired) electrons. The summed E-state index contributed by atoms with van der Waals surface area (Å²) in [6, 6.07) is 17.8. The first kappa shape index (κ1) is 19.1. The van der Waals surface area contributed by atoms with Gasteiger partial charge in [-0.05, 0) is 31.0 Å². The van der Waals surface area contributed by atoms with Crippen LogP contribution >= 0.6 is 23.5 Å². The van der Waals surface area contributed by atoms with Crippen LogP contribution in [0.3, 0.4) is 0 Å². The number of benzene rings is 2. The van der Waals surface area contributed by atoms with Gasteiger partial charge in [-0.1, -0.05) is 36.4 Å². The van der Waals surface area contributed by atoms with E-state index in [0.29, 0.717) is 12.1 Å². The van der Waals surface area contributed by atoms with Crippen molar-refractivity contribution in [3.8, 4) is 0 Å². The van der Waals surface area contributed by atoms with Gasteiger partial charge in [0, 0.05) is 45.8 Å². The van der Waals surface area contributed by atoms with E-state index in [1.165, 1.54) is 16.6 Å². The number of aliphatic hydroxyl groups is 1. The van der Waals surface area contributed by atoms with Crippen LogP contribution in [-0.2, 0) is 4.08 Å². The maximum atomic E-state index is 13.4. The Labute approximate surface area is 179 Å². The Kier molecular flexibility index (Phi) is 5.10. The molecule has 29 heavy (non-hydrogen) atoms. The number of para-hydroxylation sites is 1. The molecule has 2 heterocycles. The zero-order valence-corrected chi connectivity index (χ0v) is 17.8. The molecule has 0 bridgehead atoms. The zero-order chi connectivity index (χ0) is 19.8. The summed E-state index contributed by atoms with van der Waals surface area (Å²) in [7, 11) is 0. The van der Waals surface area contributed by atoms with Crippen molar-refractivity contribution in [2.45, 2.75) is 23.0 Å². The van der Waals surface area contributed by atoms with E-state index in [2.05, 4.69) is 29.2 Å². The topological polar surface area (TPSA) is 56.3 Å². The highest BCUT2D eigenvalue weighted by Gasteiger charge is 2.47. The van der Waals surface area contributed by atoms with Crippen LogP contribution in [0.4, 0.5) is 0 Å². The second-order valence-corrected chi connectivity index (χ2v) is 10.6. The molecule has 2 aromatic carbocycles. The third kappa shape index (κ3) is 3.18. The number of amides is 1. The van der Waals surface area contributed by atoms with E-state index < -0.39 is 0 Å². The van der Waals surface area contributed by atoms with Crippen molar-refractivity contribution in [1.29, 1.82) is 0 Å². The van der Waals surface area contributed by atoms with E-state index in [0.717, 1.165) is 29.9 Å². The minimum Gasteiger partial charge on any atom is -0.395 e. The van der Waals surface area contributed by atoms with Crippen LogP contribution in [0.2, 0.25) is 0 Å². The normalized spacial score (nSPS) is 20.1. The molecule has 4 nitrogen and oxygen atoms in total. The van der Waals surface area contributed by atoms with Gasteiger partial charge in [0.05, 0.1) is 12.6 Å². The van der Waals surface area contributed by atoms with Gasteiger partial charge >= 0.3 is 0 Å². The van der Waals surface area contributed by atoms with Gasteiger partial charge in [-0.15, -0.1) is 23.5 Å². The third-order valence-corrected chi connectivity index (χ3v) is 9.49. The molecule has 150 valence electrons. The molecule has 2 N–H and O–H groups in total. The number of carbonyl (C=O) groups is 1. The van der Waals surface area contributed by atoms with Gasteiger partial charge in [0.1, 0.15) is 4.08 Å². The number of aromatic amines is 1. The van der Waals surface area contributed by atoms with E-state index in [1.807, 2.05) is 58.8 Å². The van der Waals surface area contributed by atoms with Gasteiger partial charge in [-0.3, -0.25) is 4.79 Å². The minimum atomic E-state index is -0.0403. The molecule has 1 saturated heterocycles. The number of hydrogen-bond acceptors (Lipinski definition) is 4. The van der Waals surface area contributed by atoms with Crippen LogP contribution in [0.1, 0.15) is 40.5 Å². The summed E-state index contributed by atoms with van der Waals surface area (Å²) >= 11 is 4.07. The predicted octanol–water partition coefficient (Wildman–Crippen LogP) is 4.77. The Bertz CT molecular complexity index is 1030. The number of nitrogens with zero attached hydrogens (tertiary/aromatic N) is 1. The van der Waals surface area contributed by atoms with Crippen molar-refractivity contribution < 1.29 is 9.90 Å². The lowest BCUT2D eigenvalue weighted by molar-refractivity contribution is 0.0609. The van der Waals surface area contributed by atoms with E-state index in [9.17, 15) is 9.90 Å². The summed E-state index contributed by atoms with van der Waals surface area (Å²) in [6.07, 6.45) is 1.93. The first-order valence-corrected chi connectivity index (χ1v) is 12.1. The predicted molar refractivity (Wildman–Crippen MR) is 121 cm³/mol. The zero-order valence-electron chi connectivity index (χ0n) is 16.1. The summed E-state index contributed by atoms with van der Waals surface area (Å²) < 4.78 is 0.0610. The smallest absolute Gasteiger partial charge is 0.254 e. The van der Waals surface area contributed by atoms with Crippen molar-refractivity contribution >= 4 is 40.3 Å². The van der Waals surface area contributed by atoms with E-state index in [-0.39, 0.29) is 22.6 Å². The molecule has 2 aliphatic rings. The number of carbonyl (C=O) groups excluding carboxylic acids is 1. The van der Waals surface area contributed by atoms with Gasteiger partial charge in [-0.25, -0.2) is 0 Å². The Balaban J connectivity index is 1.64. The Hall–Kier alpha value is -1.89. The molecular formula is C23H24N2O2S2. The highest BCUT2D eigenvalue weighted by atomic mass is 32.2. The van der Waals surface area contributed by atoms with Crippen molar-refractivity contribution in [2.24, 2.45) is 0 Å². The Morgan fingerprint density at radius 2 is 1.83 bits per heavy atom. The fourth-order valence-corrected chi connectivity index (χ4v) is 8.01. The molecule has 6 heteroatoms. The van der Waals surface area contributed by atoms with Crippen LogP contribution in [0.25, 0.3) is 10.9 Å². The fourth-order valence-electron chi connectivity index (χ4n) is 4.71. The number of hydrogen-bond donors (Lipinski definition) is 2. The number of H-pyrrole nitrogens is 1. The first-order chi connectivity index (χ1) is 14.2. The third-order valence-electron chi connectivity index (χ3n) is 5.96. The molecule has 1 atom stereocenters. The van der Waals surface area contributed by atoms with E-state index in [4.69, 9.17) is 0 Å². The molecule has 1 aliphatic heterocycles. The van der Waals surface area contributed by atoms with Gasteiger partial charge in [0.2, 0.25) is 0 Å². The monoisotopic (exact) mass is 424 g/mol. The summed E-state index contributed by atoms with van der Waals surface area (Å²) in [5.41, 5.74) is 4.32. The average molecular weight is 425 g/mol. The van der Waals surface area contributed by atoms with Crippen molar-refractivity contribution in [2.75, 3.05) is 24.7 Å². The number of thioether (sulfide) groups is 2. The second-order valence-electron chi connectivity index (χ2n) is 7.55. The molecule has 1 aromatic heterocycles. The molecule has 3 aromatic rings. The molecular weight excluding hydrogens is 400 g/mol. The Morgan fingerprint density at radius 1 is 1.10 bits per heavy atom. The van der Waals surface area contributed by atoms with Crippen LogP contribution in [0.5, 0.6) is 0 Å². The van der Waals surface area contributed by atoms with Crippen LogP contribution < -0.4 is 0 Å². The first-order valence-electron chi connectivity index (χ1n) is 10.1. The lowest BCUT2D eigenvalue weighted by atomic mass is 9.88. The maximum absolute atomic E-state index is 13.4. The molecule has 0 saturated carbocycles. The van der Waals surface area contributed by atoms with Gasteiger partial charge in [0.25, 0.3) is 5.91 Å². The number of rotatable bonds is 4. The van der Waals surface area contributed by atoms with Crippen LogP contribution in [0.15, 0.2) is 54.6 Å². The van der Waals surface area contributed by atoms with Gasteiger partial charge in [0.15, 0.2) is 0 Å². The van der Waals surface area contributed by atoms with Gasteiger partial charge in [-0.2, -0.15) is 0 Å². The largest absolute Gasteiger partial charge is 0.395 e. The Morgan fingerprint density at radius 3 is 2.59 bits per heavy atom. The number of aromatic nitrogens is 1. The van der Waals surface area contributed by atoms with E-state index in [1.54, 1.807) is 0 Å². The van der Waals surface area contributed by atoms with Crippen molar-refractivity contribution in [1.82, 2.24) is 9.88 Å². The summed E-state index contributed by atoms with van der Waals surface area (Å²) in [6.45, 7) is 0.298. The van der Waals surface area contributed by atoms with Crippen LogP contribution in [0, 0.1) is 0 Å². The quantitative estimate of drug-likeness (QED) is 0.633. The number of nitrogens with one attached hydrogen (secondary N) is 1. The molecule has 1 unspecified atom stereocenters. The number of fused-ring (bicyclic) bond motifs is 4. The summed E-state index contributed by atoms with van der Waals surface area (Å²) in [5, 5.41) is 11.0. The standard InChI is InChI=1S/C23H24N2O2S2/c26-13-12-25(22(27)16-6-2-1-3-7-16)19-10-11-23(28-14-15-29-23)21-20(19)17-8-4-5-9-18(17)24-21/h1-9,19,24,26H,10-15H2. The van der Waals surface area contributed by atoms with Crippen LogP contribution in [-0.4, -0.2) is 45.6 Å². The SMILES string of the molecule is O=C(c1ccccc1)N(CCO)C1CCC2(SCCS2)c2[nH]c3ccccc3c21. The minimum absolute atomic E-state index is 0.0106. The van der Waals surface area contributed by atoms with Crippen molar-refractivity contribution in [3.05, 3.63) is 71.4 Å².